The molecule has 1 saturated heterocycles. The van der Waals surface area contributed by atoms with Crippen molar-refractivity contribution in [3.05, 3.63) is 34.9 Å². The fourth-order valence-electron chi connectivity index (χ4n) is 6.84. The van der Waals surface area contributed by atoms with E-state index in [2.05, 4.69) is 27.7 Å². The summed E-state index contributed by atoms with van der Waals surface area (Å²) >= 11 is 6.11. The minimum absolute atomic E-state index is 0.119. The lowest BCUT2D eigenvalue weighted by molar-refractivity contribution is -0.133. The summed E-state index contributed by atoms with van der Waals surface area (Å²) in [6.07, 6.45) is 5.81. The third-order valence-electron chi connectivity index (χ3n) is 7.85. The van der Waals surface area contributed by atoms with Crippen LogP contribution in [0.2, 0.25) is 5.02 Å². The Bertz CT molecular complexity index is 717. The first-order chi connectivity index (χ1) is 13.1. The van der Waals surface area contributed by atoms with E-state index in [1.54, 1.807) is 0 Å². The van der Waals surface area contributed by atoms with E-state index in [0.717, 1.165) is 57.1 Å². The summed E-state index contributed by atoms with van der Waals surface area (Å²) in [5.41, 5.74) is 1.48. The van der Waals surface area contributed by atoms with Crippen LogP contribution in [-0.4, -0.2) is 50.1 Å². The van der Waals surface area contributed by atoms with Crippen molar-refractivity contribution in [2.45, 2.75) is 37.5 Å². The van der Waals surface area contributed by atoms with Gasteiger partial charge in [-0.2, -0.15) is 0 Å². The molecule has 0 spiro atoms. The van der Waals surface area contributed by atoms with Gasteiger partial charge in [-0.1, -0.05) is 23.7 Å². The van der Waals surface area contributed by atoms with Crippen LogP contribution in [0.25, 0.3) is 0 Å². The molecule has 1 amide bonds. The molecule has 4 bridgehead atoms. The Morgan fingerprint density at radius 3 is 2.74 bits per heavy atom. The number of benzene rings is 1. The van der Waals surface area contributed by atoms with Crippen LogP contribution >= 0.6 is 11.6 Å². The van der Waals surface area contributed by atoms with E-state index in [1.807, 2.05) is 12.1 Å². The van der Waals surface area contributed by atoms with Crippen molar-refractivity contribution in [1.82, 2.24) is 15.5 Å². The molecule has 2 N–H and O–H groups in total. The molecular weight excluding hydrogens is 358 g/mol. The summed E-state index contributed by atoms with van der Waals surface area (Å²) in [5, 5.41) is 7.51. The number of halogens is 1. The summed E-state index contributed by atoms with van der Waals surface area (Å²) in [7, 11) is 0. The first-order valence-electron chi connectivity index (χ1n) is 10.6. The summed E-state index contributed by atoms with van der Waals surface area (Å²) in [5.74, 6) is 1.61. The smallest absolute Gasteiger partial charge is 0.226 e. The van der Waals surface area contributed by atoms with Crippen LogP contribution in [0.15, 0.2) is 24.3 Å². The van der Waals surface area contributed by atoms with Gasteiger partial charge in [-0.3, -0.25) is 9.69 Å². The highest BCUT2D eigenvalue weighted by molar-refractivity contribution is 6.30. The zero-order valence-electron chi connectivity index (χ0n) is 16.0. The molecule has 5 aliphatic rings. The molecule has 1 heterocycles. The monoisotopic (exact) mass is 387 g/mol. The van der Waals surface area contributed by atoms with Gasteiger partial charge in [0.1, 0.15) is 0 Å². The number of piperazine rings is 1. The van der Waals surface area contributed by atoms with Crippen molar-refractivity contribution in [2.24, 2.45) is 17.3 Å². The topological polar surface area (TPSA) is 44.4 Å². The number of rotatable bonds is 5. The SMILES string of the molecule is O=C(NCCN1CCNCC1)C12CC3CC1CC(c1ccc(Cl)cc1)(C3)C2. The molecule has 4 aliphatic carbocycles. The van der Waals surface area contributed by atoms with Crippen LogP contribution in [0.4, 0.5) is 0 Å². The molecule has 0 aromatic heterocycles. The molecule has 5 fully saturated rings. The van der Waals surface area contributed by atoms with E-state index >= 15 is 0 Å². The maximum absolute atomic E-state index is 13.3. The number of hydrogen-bond donors (Lipinski definition) is 2. The summed E-state index contributed by atoms with van der Waals surface area (Å²) in [6.45, 7) is 6.05. The average molecular weight is 388 g/mol. The molecule has 146 valence electrons. The van der Waals surface area contributed by atoms with Crippen LogP contribution in [0.5, 0.6) is 0 Å². The standard InChI is InChI=1S/C22H30ClN3O/c23-19-3-1-17(2-4-19)21-12-16-11-18(14-21)22(13-16,15-21)20(27)25-7-10-26-8-5-24-6-9-26/h1-4,16,18,24H,5-15H2,(H,25,27). The highest BCUT2D eigenvalue weighted by Gasteiger charge is 2.67. The fraction of sp³-hybridized carbons (Fsp3) is 0.682. The lowest BCUT2D eigenvalue weighted by Gasteiger charge is -2.41. The molecule has 6 rings (SSSR count). The van der Waals surface area contributed by atoms with E-state index < -0.39 is 0 Å². The Morgan fingerprint density at radius 1 is 1.19 bits per heavy atom. The average Bonchev–Trinajstić information content (AvgIpc) is 3.07. The second-order valence-electron chi connectivity index (χ2n) is 9.38. The quantitative estimate of drug-likeness (QED) is 0.816. The van der Waals surface area contributed by atoms with Crippen LogP contribution in [-0.2, 0) is 10.2 Å². The minimum Gasteiger partial charge on any atom is -0.354 e. The van der Waals surface area contributed by atoms with E-state index in [0.29, 0.717) is 17.7 Å². The van der Waals surface area contributed by atoms with E-state index in [9.17, 15) is 4.79 Å². The molecule has 1 aliphatic heterocycles. The first kappa shape index (κ1) is 18.0. The lowest BCUT2D eigenvalue weighted by atomic mass is 9.63. The highest BCUT2D eigenvalue weighted by atomic mass is 35.5. The molecule has 1 aromatic carbocycles. The molecule has 4 unspecified atom stereocenters. The van der Waals surface area contributed by atoms with Crippen LogP contribution < -0.4 is 10.6 Å². The van der Waals surface area contributed by atoms with Gasteiger partial charge in [0.05, 0.1) is 5.41 Å². The maximum atomic E-state index is 13.3. The molecule has 27 heavy (non-hydrogen) atoms. The van der Waals surface area contributed by atoms with Gasteiger partial charge in [0.15, 0.2) is 0 Å². The second-order valence-corrected chi connectivity index (χ2v) is 9.82. The first-order valence-corrected chi connectivity index (χ1v) is 10.9. The van der Waals surface area contributed by atoms with Crippen molar-refractivity contribution >= 4 is 17.5 Å². The van der Waals surface area contributed by atoms with Crippen LogP contribution in [0.3, 0.4) is 0 Å². The van der Waals surface area contributed by atoms with E-state index in [1.165, 1.54) is 24.8 Å². The van der Waals surface area contributed by atoms with Crippen LogP contribution in [0.1, 0.15) is 37.7 Å². The minimum atomic E-state index is -0.119. The number of hydrogen-bond acceptors (Lipinski definition) is 3. The highest BCUT2D eigenvalue weighted by Crippen LogP contribution is 2.70. The number of carbonyl (C=O) groups excluding carboxylic acids is 1. The van der Waals surface area contributed by atoms with Gasteiger partial charge in [-0.15, -0.1) is 0 Å². The fourth-order valence-corrected chi connectivity index (χ4v) is 6.96. The van der Waals surface area contributed by atoms with Crippen molar-refractivity contribution in [3.63, 3.8) is 0 Å². The zero-order chi connectivity index (χ0) is 18.5. The molecule has 4 saturated carbocycles. The Hall–Kier alpha value is -1.10. The Morgan fingerprint density at radius 2 is 1.96 bits per heavy atom. The molecule has 4 nitrogen and oxygen atoms in total. The van der Waals surface area contributed by atoms with Gasteiger partial charge in [-0.25, -0.2) is 0 Å². The number of nitrogens with one attached hydrogen (secondary N) is 2. The summed E-state index contributed by atoms with van der Waals surface area (Å²) in [4.78, 5) is 15.8. The number of carbonyl (C=O) groups is 1. The van der Waals surface area contributed by atoms with E-state index in [-0.39, 0.29) is 10.8 Å². The van der Waals surface area contributed by atoms with Crippen LogP contribution in [0, 0.1) is 17.3 Å². The molecular formula is C22H30ClN3O. The maximum Gasteiger partial charge on any atom is 0.226 e. The van der Waals surface area contributed by atoms with Gasteiger partial charge >= 0.3 is 0 Å². The van der Waals surface area contributed by atoms with Crippen molar-refractivity contribution in [2.75, 3.05) is 39.3 Å². The van der Waals surface area contributed by atoms with Crippen molar-refractivity contribution in [3.8, 4) is 0 Å². The normalized spacial score (nSPS) is 37.7. The molecule has 1 aromatic rings. The Balaban J connectivity index is 1.28. The van der Waals surface area contributed by atoms with Gasteiger partial charge in [0.25, 0.3) is 0 Å². The third-order valence-corrected chi connectivity index (χ3v) is 8.11. The van der Waals surface area contributed by atoms with Gasteiger partial charge < -0.3 is 10.6 Å². The van der Waals surface area contributed by atoms with Crippen molar-refractivity contribution < 1.29 is 4.79 Å². The lowest BCUT2D eigenvalue weighted by Crippen LogP contribution is -2.49. The second kappa shape index (κ2) is 6.75. The predicted octanol–water partition coefficient (Wildman–Crippen LogP) is 2.81. The van der Waals surface area contributed by atoms with Gasteiger partial charge in [0, 0.05) is 44.3 Å². The number of nitrogens with zero attached hydrogens (tertiary/aromatic N) is 1. The van der Waals surface area contributed by atoms with Gasteiger partial charge in [-0.05, 0) is 67.1 Å². The molecule has 4 atom stereocenters. The zero-order valence-corrected chi connectivity index (χ0v) is 16.7. The summed E-state index contributed by atoms with van der Waals surface area (Å²) < 4.78 is 0. The predicted molar refractivity (Wildman–Crippen MR) is 108 cm³/mol. The molecule has 5 heteroatoms. The summed E-state index contributed by atoms with van der Waals surface area (Å²) in [6, 6.07) is 8.43. The third kappa shape index (κ3) is 3.01. The number of amides is 1. The van der Waals surface area contributed by atoms with Gasteiger partial charge in [0.2, 0.25) is 5.91 Å². The van der Waals surface area contributed by atoms with Crippen molar-refractivity contribution in [1.29, 1.82) is 0 Å². The van der Waals surface area contributed by atoms with E-state index in [4.69, 9.17) is 11.6 Å². The molecule has 0 radical (unpaired) electrons. The Kier molecular flexibility index (Phi) is 4.49. The Labute approximate surface area is 167 Å². The largest absolute Gasteiger partial charge is 0.354 e.